The van der Waals surface area contributed by atoms with E-state index >= 15 is 0 Å². The third kappa shape index (κ3) is 7.19. The number of amides is 2. The summed E-state index contributed by atoms with van der Waals surface area (Å²) in [5.41, 5.74) is 6.38. The molecule has 6 nitrogen and oxygen atoms in total. The standard InChI is InChI=1S/C24H31N3O3/c25-23(28)12-14-27-24(29)19-11-13-26-20(16-19)17-22(15-18-7-3-1-4-8-18)30-21-9-5-2-6-10-21/h1-10,19-20,22,26H,11-17H2,(H2,25,28)(H,27,29). The molecule has 1 aliphatic heterocycles. The van der Waals surface area contributed by atoms with E-state index in [2.05, 4.69) is 22.8 Å². The maximum atomic E-state index is 12.5. The van der Waals surface area contributed by atoms with Gasteiger partial charge in [0.1, 0.15) is 11.9 Å². The molecule has 160 valence electrons. The van der Waals surface area contributed by atoms with Crippen molar-refractivity contribution in [3.05, 3.63) is 66.2 Å². The maximum absolute atomic E-state index is 12.5. The number of para-hydroxylation sites is 1. The Bertz CT molecular complexity index is 756. The molecule has 0 aliphatic carbocycles. The molecule has 0 radical (unpaired) electrons. The van der Waals surface area contributed by atoms with Crippen molar-refractivity contribution >= 4 is 11.8 Å². The Morgan fingerprint density at radius 3 is 2.50 bits per heavy atom. The van der Waals surface area contributed by atoms with Crippen molar-refractivity contribution in [1.29, 1.82) is 0 Å². The number of nitrogens with one attached hydrogen (secondary N) is 2. The molecule has 2 aromatic carbocycles. The summed E-state index contributed by atoms with van der Waals surface area (Å²) in [4.78, 5) is 23.3. The van der Waals surface area contributed by atoms with Crippen LogP contribution >= 0.6 is 0 Å². The quantitative estimate of drug-likeness (QED) is 0.562. The summed E-state index contributed by atoms with van der Waals surface area (Å²) < 4.78 is 6.32. The van der Waals surface area contributed by atoms with Crippen molar-refractivity contribution in [2.45, 2.75) is 44.2 Å². The number of primary amides is 1. The smallest absolute Gasteiger partial charge is 0.223 e. The molecule has 0 saturated carbocycles. The molecule has 3 rings (SSSR count). The van der Waals surface area contributed by atoms with Gasteiger partial charge in [0.05, 0.1) is 0 Å². The molecule has 0 bridgehead atoms. The van der Waals surface area contributed by atoms with Gasteiger partial charge in [-0.15, -0.1) is 0 Å². The Balaban J connectivity index is 1.59. The van der Waals surface area contributed by atoms with Crippen LogP contribution in [0.5, 0.6) is 5.75 Å². The molecular weight excluding hydrogens is 378 g/mol. The van der Waals surface area contributed by atoms with E-state index < -0.39 is 5.91 Å². The van der Waals surface area contributed by atoms with Crippen molar-refractivity contribution < 1.29 is 14.3 Å². The van der Waals surface area contributed by atoms with Gasteiger partial charge in [-0.2, -0.15) is 0 Å². The van der Waals surface area contributed by atoms with Gasteiger partial charge in [-0.05, 0) is 43.5 Å². The summed E-state index contributed by atoms with van der Waals surface area (Å²) in [6, 6.07) is 20.4. The Labute approximate surface area is 178 Å². The highest BCUT2D eigenvalue weighted by Crippen LogP contribution is 2.23. The van der Waals surface area contributed by atoms with E-state index in [4.69, 9.17) is 10.5 Å². The average Bonchev–Trinajstić information content (AvgIpc) is 2.75. The number of carbonyl (C=O) groups excluding carboxylic acids is 2. The number of ether oxygens (including phenoxy) is 1. The van der Waals surface area contributed by atoms with Crippen LogP contribution in [0.2, 0.25) is 0 Å². The number of nitrogens with two attached hydrogens (primary N) is 1. The molecule has 2 aromatic rings. The van der Waals surface area contributed by atoms with Crippen LogP contribution in [-0.2, 0) is 16.0 Å². The van der Waals surface area contributed by atoms with E-state index in [9.17, 15) is 9.59 Å². The number of hydrogen-bond acceptors (Lipinski definition) is 4. The molecule has 0 aromatic heterocycles. The molecule has 1 heterocycles. The molecule has 1 fully saturated rings. The summed E-state index contributed by atoms with van der Waals surface area (Å²) in [6.45, 7) is 1.10. The summed E-state index contributed by atoms with van der Waals surface area (Å²) in [6.07, 6.45) is 3.35. The van der Waals surface area contributed by atoms with Crippen molar-refractivity contribution in [2.24, 2.45) is 11.7 Å². The van der Waals surface area contributed by atoms with E-state index in [1.54, 1.807) is 0 Å². The van der Waals surface area contributed by atoms with Gasteiger partial charge in [-0.25, -0.2) is 0 Å². The van der Waals surface area contributed by atoms with Gasteiger partial charge in [0, 0.05) is 31.3 Å². The van der Waals surface area contributed by atoms with E-state index in [0.717, 1.165) is 38.0 Å². The van der Waals surface area contributed by atoms with Crippen LogP contribution in [0.25, 0.3) is 0 Å². The first-order valence-corrected chi connectivity index (χ1v) is 10.6. The zero-order valence-electron chi connectivity index (χ0n) is 17.3. The molecule has 3 unspecified atom stereocenters. The van der Waals surface area contributed by atoms with Crippen LogP contribution < -0.4 is 21.1 Å². The number of carbonyl (C=O) groups is 2. The van der Waals surface area contributed by atoms with Crippen LogP contribution in [0.3, 0.4) is 0 Å². The SMILES string of the molecule is NC(=O)CCNC(=O)C1CCNC(CC(Cc2ccccc2)Oc2ccccc2)C1. The van der Waals surface area contributed by atoms with Gasteiger partial charge < -0.3 is 21.1 Å². The van der Waals surface area contributed by atoms with Gasteiger partial charge >= 0.3 is 0 Å². The lowest BCUT2D eigenvalue weighted by Crippen LogP contribution is -2.46. The minimum Gasteiger partial charge on any atom is -0.490 e. The van der Waals surface area contributed by atoms with Crippen molar-refractivity contribution in [3.63, 3.8) is 0 Å². The molecule has 30 heavy (non-hydrogen) atoms. The minimum atomic E-state index is -0.402. The average molecular weight is 410 g/mol. The van der Waals surface area contributed by atoms with Crippen LogP contribution in [0.1, 0.15) is 31.2 Å². The molecule has 4 N–H and O–H groups in total. The normalized spacial score (nSPS) is 19.6. The zero-order chi connectivity index (χ0) is 21.2. The predicted octanol–water partition coefficient (Wildman–Crippen LogP) is 2.43. The molecule has 6 heteroatoms. The van der Waals surface area contributed by atoms with Crippen molar-refractivity contribution in [3.8, 4) is 5.75 Å². The Morgan fingerprint density at radius 1 is 1.10 bits per heavy atom. The molecule has 1 aliphatic rings. The first-order chi connectivity index (χ1) is 14.6. The highest BCUT2D eigenvalue weighted by atomic mass is 16.5. The first kappa shape index (κ1) is 21.8. The third-order valence-electron chi connectivity index (χ3n) is 5.44. The fourth-order valence-corrected chi connectivity index (χ4v) is 3.94. The van der Waals surface area contributed by atoms with Gasteiger partial charge in [0.2, 0.25) is 11.8 Å². The van der Waals surface area contributed by atoms with Crippen LogP contribution in [0.4, 0.5) is 0 Å². The monoisotopic (exact) mass is 409 g/mol. The molecule has 3 atom stereocenters. The number of benzene rings is 2. The zero-order valence-corrected chi connectivity index (χ0v) is 17.3. The van der Waals surface area contributed by atoms with Crippen molar-refractivity contribution in [1.82, 2.24) is 10.6 Å². The molecular formula is C24H31N3O3. The Kier molecular flexibility index (Phi) is 8.27. The minimum absolute atomic E-state index is 0.00368. The maximum Gasteiger partial charge on any atom is 0.223 e. The van der Waals surface area contributed by atoms with Crippen LogP contribution in [0.15, 0.2) is 60.7 Å². The molecule has 2 amide bonds. The highest BCUT2D eigenvalue weighted by Gasteiger charge is 2.29. The lowest BCUT2D eigenvalue weighted by atomic mass is 9.88. The third-order valence-corrected chi connectivity index (χ3v) is 5.44. The molecule has 1 saturated heterocycles. The van der Waals surface area contributed by atoms with Gasteiger partial charge in [0.25, 0.3) is 0 Å². The predicted molar refractivity (Wildman–Crippen MR) is 117 cm³/mol. The van der Waals surface area contributed by atoms with Gasteiger partial charge in [0.15, 0.2) is 0 Å². The Hall–Kier alpha value is -2.86. The fourth-order valence-electron chi connectivity index (χ4n) is 3.94. The van der Waals surface area contributed by atoms with Crippen LogP contribution in [-0.4, -0.2) is 37.0 Å². The molecule has 0 spiro atoms. The van der Waals surface area contributed by atoms with E-state index in [0.29, 0.717) is 6.54 Å². The van der Waals surface area contributed by atoms with Crippen molar-refractivity contribution in [2.75, 3.05) is 13.1 Å². The topological polar surface area (TPSA) is 93.5 Å². The second-order valence-corrected chi connectivity index (χ2v) is 7.86. The summed E-state index contributed by atoms with van der Waals surface area (Å²) in [7, 11) is 0. The second kappa shape index (κ2) is 11.4. The summed E-state index contributed by atoms with van der Waals surface area (Å²) >= 11 is 0. The van der Waals surface area contributed by atoms with E-state index in [-0.39, 0.29) is 30.4 Å². The van der Waals surface area contributed by atoms with E-state index in [1.165, 1.54) is 5.56 Å². The second-order valence-electron chi connectivity index (χ2n) is 7.86. The van der Waals surface area contributed by atoms with Gasteiger partial charge in [-0.1, -0.05) is 48.5 Å². The fraction of sp³-hybridized carbons (Fsp3) is 0.417. The largest absolute Gasteiger partial charge is 0.490 e. The lowest BCUT2D eigenvalue weighted by molar-refractivity contribution is -0.126. The summed E-state index contributed by atoms with van der Waals surface area (Å²) in [5.74, 6) is 0.403. The highest BCUT2D eigenvalue weighted by molar-refractivity contribution is 5.80. The number of rotatable bonds is 10. The van der Waals surface area contributed by atoms with Gasteiger partial charge in [-0.3, -0.25) is 9.59 Å². The Morgan fingerprint density at radius 2 is 1.80 bits per heavy atom. The summed E-state index contributed by atoms with van der Waals surface area (Å²) in [5, 5.41) is 6.38. The number of piperidine rings is 1. The number of hydrogen-bond donors (Lipinski definition) is 3. The van der Waals surface area contributed by atoms with E-state index in [1.807, 2.05) is 48.5 Å². The lowest BCUT2D eigenvalue weighted by Gasteiger charge is -2.32. The first-order valence-electron chi connectivity index (χ1n) is 10.6. The van der Waals surface area contributed by atoms with Crippen LogP contribution in [0, 0.1) is 5.92 Å².